The van der Waals surface area contributed by atoms with Gasteiger partial charge in [0, 0.05) is 16.7 Å². The Morgan fingerprint density at radius 1 is 1.07 bits per heavy atom. The number of halogens is 3. The molecular weight excluding hydrogens is 376 g/mol. The van der Waals surface area contributed by atoms with Gasteiger partial charge in [0.1, 0.15) is 17.3 Å². The SMILES string of the molecule is O=C(C=Cc1ccc(-c2ccc(Cl)cc2)o1)Nc1ccccc1OC(F)F. The standard InChI is InChI=1S/C20H14ClF2NO3/c21-14-7-5-13(6-8-14)17-11-9-15(26-17)10-12-19(25)24-16-3-1-2-4-18(16)27-20(22)23/h1-12,20H,(H,24,25). The molecule has 0 bridgehead atoms. The zero-order chi connectivity index (χ0) is 19.2. The average molecular weight is 390 g/mol. The molecule has 7 heteroatoms. The van der Waals surface area contributed by atoms with Crippen LogP contribution in [0.4, 0.5) is 14.5 Å². The van der Waals surface area contributed by atoms with Crippen molar-refractivity contribution in [2.24, 2.45) is 0 Å². The fourth-order valence-corrected chi connectivity index (χ4v) is 2.44. The summed E-state index contributed by atoms with van der Waals surface area (Å²) >= 11 is 5.86. The summed E-state index contributed by atoms with van der Waals surface area (Å²) in [5, 5.41) is 3.11. The van der Waals surface area contributed by atoms with E-state index in [1.165, 1.54) is 30.4 Å². The minimum absolute atomic E-state index is 0.114. The molecule has 2 aromatic carbocycles. The first-order valence-electron chi connectivity index (χ1n) is 7.90. The van der Waals surface area contributed by atoms with Gasteiger partial charge in [-0.05, 0) is 54.6 Å². The van der Waals surface area contributed by atoms with Crippen LogP contribution in [0.25, 0.3) is 17.4 Å². The number of hydrogen-bond donors (Lipinski definition) is 1. The first kappa shape index (κ1) is 18.7. The van der Waals surface area contributed by atoms with Crippen LogP contribution in [0.2, 0.25) is 5.02 Å². The summed E-state index contributed by atoms with van der Waals surface area (Å²) in [5.74, 6) is 0.469. The summed E-state index contributed by atoms with van der Waals surface area (Å²) in [5.41, 5.74) is 0.996. The number of para-hydroxylation sites is 2. The molecule has 1 amide bonds. The zero-order valence-electron chi connectivity index (χ0n) is 13.9. The highest BCUT2D eigenvalue weighted by Crippen LogP contribution is 2.26. The van der Waals surface area contributed by atoms with E-state index in [9.17, 15) is 13.6 Å². The highest BCUT2D eigenvalue weighted by molar-refractivity contribution is 6.30. The van der Waals surface area contributed by atoms with Crippen LogP contribution in [0.15, 0.2) is 71.2 Å². The van der Waals surface area contributed by atoms with Crippen molar-refractivity contribution in [3.8, 4) is 17.1 Å². The van der Waals surface area contributed by atoms with Crippen molar-refractivity contribution in [1.29, 1.82) is 0 Å². The third-order valence-electron chi connectivity index (χ3n) is 3.52. The predicted molar refractivity (Wildman–Crippen MR) is 99.9 cm³/mol. The zero-order valence-corrected chi connectivity index (χ0v) is 14.6. The van der Waals surface area contributed by atoms with E-state index in [2.05, 4.69) is 10.1 Å². The van der Waals surface area contributed by atoms with E-state index in [0.717, 1.165) is 5.56 Å². The monoisotopic (exact) mass is 389 g/mol. The van der Waals surface area contributed by atoms with Gasteiger partial charge in [-0.2, -0.15) is 8.78 Å². The lowest BCUT2D eigenvalue weighted by Gasteiger charge is -2.10. The van der Waals surface area contributed by atoms with Crippen LogP contribution >= 0.6 is 11.6 Å². The van der Waals surface area contributed by atoms with Crippen LogP contribution in [0.5, 0.6) is 5.75 Å². The van der Waals surface area contributed by atoms with E-state index >= 15 is 0 Å². The van der Waals surface area contributed by atoms with Gasteiger partial charge in [0.15, 0.2) is 0 Å². The first-order chi connectivity index (χ1) is 13.0. The second-order valence-corrected chi connectivity index (χ2v) is 5.84. The fourth-order valence-electron chi connectivity index (χ4n) is 2.31. The van der Waals surface area contributed by atoms with Crippen LogP contribution in [0, 0.1) is 0 Å². The normalized spacial score (nSPS) is 11.1. The molecule has 0 spiro atoms. The number of ether oxygens (including phenoxy) is 1. The molecule has 4 nitrogen and oxygen atoms in total. The van der Waals surface area contributed by atoms with Crippen LogP contribution in [-0.4, -0.2) is 12.5 Å². The van der Waals surface area contributed by atoms with Crippen molar-refractivity contribution in [2.45, 2.75) is 6.61 Å². The van der Waals surface area contributed by atoms with E-state index in [-0.39, 0.29) is 11.4 Å². The van der Waals surface area contributed by atoms with Crippen molar-refractivity contribution < 1.29 is 22.7 Å². The lowest BCUT2D eigenvalue weighted by atomic mass is 10.2. The Bertz CT molecular complexity index is 952. The van der Waals surface area contributed by atoms with Crippen LogP contribution in [-0.2, 0) is 4.79 Å². The third-order valence-corrected chi connectivity index (χ3v) is 3.77. The summed E-state index contributed by atoms with van der Waals surface area (Å²) in [6.07, 6.45) is 2.72. The maximum atomic E-state index is 12.4. The smallest absolute Gasteiger partial charge is 0.387 e. The number of nitrogens with one attached hydrogen (secondary N) is 1. The molecule has 0 saturated carbocycles. The van der Waals surface area contributed by atoms with Gasteiger partial charge >= 0.3 is 6.61 Å². The van der Waals surface area contributed by atoms with Gasteiger partial charge in [-0.1, -0.05) is 23.7 Å². The minimum Gasteiger partial charge on any atom is -0.457 e. The van der Waals surface area contributed by atoms with Gasteiger partial charge in [-0.15, -0.1) is 0 Å². The number of carbonyl (C=O) groups is 1. The number of benzene rings is 2. The molecule has 27 heavy (non-hydrogen) atoms. The molecule has 0 aliphatic carbocycles. The predicted octanol–water partition coefficient (Wildman–Crippen LogP) is 5.85. The molecule has 0 aliphatic heterocycles. The van der Waals surface area contributed by atoms with Gasteiger partial charge in [-0.3, -0.25) is 4.79 Å². The Labute approximate surface area is 159 Å². The van der Waals surface area contributed by atoms with Crippen LogP contribution in [0.3, 0.4) is 0 Å². The number of furan rings is 1. The van der Waals surface area contributed by atoms with E-state index < -0.39 is 12.5 Å². The summed E-state index contributed by atoms with van der Waals surface area (Å²) in [4.78, 5) is 12.0. The molecule has 0 aliphatic rings. The molecule has 1 N–H and O–H groups in total. The maximum Gasteiger partial charge on any atom is 0.387 e. The van der Waals surface area contributed by atoms with E-state index in [1.807, 2.05) is 12.1 Å². The lowest BCUT2D eigenvalue weighted by Crippen LogP contribution is -2.11. The molecular formula is C20H14ClF2NO3. The van der Waals surface area contributed by atoms with E-state index in [0.29, 0.717) is 16.5 Å². The van der Waals surface area contributed by atoms with Crippen molar-refractivity contribution in [3.05, 3.63) is 77.5 Å². The molecule has 0 atom stereocenters. The Kier molecular flexibility index (Phi) is 5.88. The van der Waals surface area contributed by atoms with Gasteiger partial charge in [0.2, 0.25) is 5.91 Å². The topological polar surface area (TPSA) is 51.5 Å². The quantitative estimate of drug-likeness (QED) is 0.538. The Morgan fingerprint density at radius 2 is 1.81 bits per heavy atom. The van der Waals surface area contributed by atoms with Gasteiger partial charge in [-0.25, -0.2) is 0 Å². The highest BCUT2D eigenvalue weighted by atomic mass is 35.5. The Balaban J connectivity index is 1.67. The van der Waals surface area contributed by atoms with Crippen LogP contribution in [0.1, 0.15) is 5.76 Å². The minimum atomic E-state index is -2.98. The van der Waals surface area contributed by atoms with Crippen molar-refractivity contribution in [1.82, 2.24) is 0 Å². The molecule has 138 valence electrons. The molecule has 3 rings (SSSR count). The molecule has 0 fully saturated rings. The van der Waals surface area contributed by atoms with Gasteiger partial charge in [0.05, 0.1) is 5.69 Å². The largest absolute Gasteiger partial charge is 0.457 e. The maximum absolute atomic E-state index is 12.4. The highest BCUT2D eigenvalue weighted by Gasteiger charge is 2.10. The Hall–Kier alpha value is -3.12. The lowest BCUT2D eigenvalue weighted by molar-refractivity contribution is -0.111. The fraction of sp³-hybridized carbons (Fsp3) is 0.0500. The number of alkyl halides is 2. The summed E-state index contributed by atoms with van der Waals surface area (Å²) < 4.78 is 34.8. The number of carbonyl (C=O) groups excluding carboxylic acids is 1. The third kappa shape index (κ3) is 5.18. The first-order valence-corrected chi connectivity index (χ1v) is 8.28. The van der Waals surface area contributed by atoms with Crippen molar-refractivity contribution in [3.63, 3.8) is 0 Å². The summed E-state index contributed by atoms with van der Waals surface area (Å²) in [7, 11) is 0. The van der Waals surface area contributed by atoms with E-state index in [4.69, 9.17) is 16.0 Å². The van der Waals surface area contributed by atoms with Gasteiger partial charge in [0.25, 0.3) is 0 Å². The summed E-state index contributed by atoms with van der Waals surface area (Å²) in [6.45, 7) is -2.98. The average Bonchev–Trinajstić information content (AvgIpc) is 3.11. The van der Waals surface area contributed by atoms with Gasteiger partial charge < -0.3 is 14.5 Å². The van der Waals surface area contributed by atoms with Crippen molar-refractivity contribution in [2.75, 3.05) is 5.32 Å². The molecule has 0 radical (unpaired) electrons. The van der Waals surface area contributed by atoms with Crippen molar-refractivity contribution >= 4 is 29.3 Å². The molecule has 0 unspecified atom stereocenters. The molecule has 1 aromatic heterocycles. The number of hydrogen-bond acceptors (Lipinski definition) is 3. The number of anilines is 1. The molecule has 0 saturated heterocycles. The van der Waals surface area contributed by atoms with Crippen LogP contribution < -0.4 is 10.1 Å². The number of amides is 1. The second-order valence-electron chi connectivity index (χ2n) is 5.41. The number of rotatable bonds is 6. The molecule has 1 heterocycles. The Morgan fingerprint density at radius 3 is 2.56 bits per heavy atom. The second kappa shape index (κ2) is 8.51. The van der Waals surface area contributed by atoms with E-state index in [1.54, 1.807) is 30.3 Å². The molecule has 3 aromatic rings. The summed E-state index contributed by atoms with van der Waals surface area (Å²) in [6, 6.07) is 16.6.